The van der Waals surface area contributed by atoms with Crippen LogP contribution >= 0.6 is 22.9 Å². The number of nitrogens with one attached hydrogen (secondary N) is 1. The number of nitrogens with zero attached hydrogens (tertiary/aromatic N) is 3. The third kappa shape index (κ3) is 3.50. The zero-order valence-electron chi connectivity index (χ0n) is 11.8. The summed E-state index contributed by atoms with van der Waals surface area (Å²) < 4.78 is 0. The number of anilines is 1. The lowest BCUT2D eigenvalue weighted by Crippen LogP contribution is -1.99. The van der Waals surface area contributed by atoms with E-state index in [0.29, 0.717) is 0 Å². The van der Waals surface area contributed by atoms with Crippen LogP contribution in [0, 0.1) is 0 Å². The van der Waals surface area contributed by atoms with Crippen molar-refractivity contribution in [3.05, 3.63) is 64.8 Å². The molecule has 0 fully saturated rings. The Bertz CT molecular complexity index is 781. The molecule has 0 bridgehead atoms. The Labute approximate surface area is 137 Å². The predicted molar refractivity (Wildman–Crippen MR) is 92.6 cm³/mol. The predicted octanol–water partition coefficient (Wildman–Crippen LogP) is 4.69. The molecule has 0 saturated carbocycles. The molecule has 3 rings (SSSR count). The zero-order chi connectivity index (χ0) is 15.4. The van der Waals surface area contributed by atoms with Gasteiger partial charge in [-0.3, -0.25) is 10.4 Å². The van der Waals surface area contributed by atoms with Crippen LogP contribution in [-0.2, 0) is 0 Å². The van der Waals surface area contributed by atoms with Crippen molar-refractivity contribution in [3.63, 3.8) is 0 Å². The first kappa shape index (κ1) is 14.7. The summed E-state index contributed by atoms with van der Waals surface area (Å²) in [7, 11) is 0. The molecule has 0 atom stereocenters. The quantitative estimate of drug-likeness (QED) is 0.558. The highest BCUT2D eigenvalue weighted by Crippen LogP contribution is 2.26. The molecule has 0 aliphatic carbocycles. The standard InChI is InChI=1S/C16H13ClN4S/c1-11(12-6-8-18-9-7-12)20-21-16-19-15(10-22-16)13-2-4-14(17)5-3-13/h2-10H,1H3,(H,19,21)/b20-11+. The Balaban J connectivity index is 1.73. The van der Waals surface area contributed by atoms with Gasteiger partial charge in [-0.25, -0.2) is 4.98 Å². The molecule has 22 heavy (non-hydrogen) atoms. The second kappa shape index (κ2) is 6.68. The molecule has 3 aromatic rings. The van der Waals surface area contributed by atoms with Crippen LogP contribution in [0.5, 0.6) is 0 Å². The fraction of sp³-hybridized carbons (Fsp3) is 0.0625. The minimum Gasteiger partial charge on any atom is -0.265 e. The average molecular weight is 329 g/mol. The summed E-state index contributed by atoms with van der Waals surface area (Å²) in [5, 5.41) is 7.81. The number of pyridine rings is 1. The molecule has 0 spiro atoms. The number of rotatable bonds is 4. The lowest BCUT2D eigenvalue weighted by atomic mass is 10.2. The van der Waals surface area contributed by atoms with Crippen LogP contribution in [0.4, 0.5) is 5.13 Å². The van der Waals surface area contributed by atoms with Crippen LogP contribution in [0.15, 0.2) is 59.3 Å². The van der Waals surface area contributed by atoms with E-state index in [1.807, 2.05) is 48.7 Å². The van der Waals surface area contributed by atoms with E-state index in [9.17, 15) is 0 Å². The van der Waals surface area contributed by atoms with Crippen LogP contribution in [0.1, 0.15) is 12.5 Å². The summed E-state index contributed by atoms with van der Waals surface area (Å²) in [6, 6.07) is 11.5. The molecule has 110 valence electrons. The van der Waals surface area contributed by atoms with Crippen LogP contribution in [-0.4, -0.2) is 15.7 Å². The van der Waals surface area contributed by atoms with Gasteiger partial charge in [-0.05, 0) is 31.2 Å². The van der Waals surface area contributed by atoms with Crippen LogP contribution in [0.25, 0.3) is 11.3 Å². The molecular formula is C16H13ClN4S. The first-order chi connectivity index (χ1) is 10.7. The van der Waals surface area contributed by atoms with Crippen molar-refractivity contribution in [1.82, 2.24) is 9.97 Å². The number of benzene rings is 1. The first-order valence-electron chi connectivity index (χ1n) is 6.64. The fourth-order valence-corrected chi connectivity index (χ4v) is 2.66. The largest absolute Gasteiger partial charge is 0.265 e. The Morgan fingerprint density at radius 3 is 2.59 bits per heavy atom. The van der Waals surface area contributed by atoms with Gasteiger partial charge in [0.1, 0.15) is 0 Å². The summed E-state index contributed by atoms with van der Waals surface area (Å²) in [5.41, 5.74) is 6.83. The third-order valence-electron chi connectivity index (χ3n) is 3.06. The van der Waals surface area contributed by atoms with Gasteiger partial charge in [-0.2, -0.15) is 5.10 Å². The molecule has 0 radical (unpaired) electrons. The van der Waals surface area contributed by atoms with E-state index in [-0.39, 0.29) is 0 Å². The summed E-state index contributed by atoms with van der Waals surface area (Å²) in [5.74, 6) is 0. The summed E-state index contributed by atoms with van der Waals surface area (Å²) in [6.45, 7) is 1.94. The minimum atomic E-state index is 0.718. The van der Waals surface area contributed by atoms with Crippen molar-refractivity contribution in [2.24, 2.45) is 5.10 Å². The maximum absolute atomic E-state index is 5.89. The lowest BCUT2D eigenvalue weighted by Gasteiger charge is -2.00. The molecular weight excluding hydrogens is 316 g/mol. The van der Waals surface area contributed by atoms with Gasteiger partial charge in [0.05, 0.1) is 11.4 Å². The molecule has 0 unspecified atom stereocenters. The maximum atomic E-state index is 5.89. The number of hydrogen-bond acceptors (Lipinski definition) is 5. The van der Waals surface area contributed by atoms with Gasteiger partial charge < -0.3 is 0 Å². The number of aromatic nitrogens is 2. The van der Waals surface area contributed by atoms with Gasteiger partial charge in [0.25, 0.3) is 0 Å². The van der Waals surface area contributed by atoms with Crippen LogP contribution < -0.4 is 5.43 Å². The van der Waals surface area contributed by atoms with Crippen molar-refractivity contribution in [1.29, 1.82) is 0 Å². The summed E-state index contributed by atoms with van der Waals surface area (Å²) in [4.78, 5) is 8.51. The van der Waals surface area contributed by atoms with Crippen molar-refractivity contribution < 1.29 is 0 Å². The number of hydrazone groups is 1. The molecule has 0 aliphatic rings. The molecule has 2 heterocycles. The van der Waals surface area contributed by atoms with E-state index in [1.165, 1.54) is 11.3 Å². The Morgan fingerprint density at radius 1 is 1.14 bits per heavy atom. The first-order valence-corrected chi connectivity index (χ1v) is 7.90. The summed E-state index contributed by atoms with van der Waals surface area (Å²) in [6.07, 6.45) is 3.49. The summed E-state index contributed by atoms with van der Waals surface area (Å²) >= 11 is 7.41. The molecule has 1 N–H and O–H groups in total. The second-order valence-electron chi connectivity index (χ2n) is 4.59. The monoisotopic (exact) mass is 328 g/mol. The molecule has 0 amide bonds. The molecule has 4 nitrogen and oxygen atoms in total. The van der Waals surface area contributed by atoms with Gasteiger partial charge >= 0.3 is 0 Å². The van der Waals surface area contributed by atoms with E-state index in [2.05, 4.69) is 20.5 Å². The van der Waals surface area contributed by atoms with Crippen molar-refractivity contribution in [2.45, 2.75) is 6.92 Å². The highest BCUT2D eigenvalue weighted by molar-refractivity contribution is 7.14. The van der Waals surface area contributed by atoms with Gasteiger partial charge in [-0.1, -0.05) is 23.7 Å². The SMILES string of the molecule is C/C(=N\Nc1nc(-c2ccc(Cl)cc2)cs1)c1ccncc1. The number of halogens is 1. The molecule has 0 aliphatic heterocycles. The topological polar surface area (TPSA) is 50.2 Å². The van der Waals surface area contributed by atoms with E-state index in [4.69, 9.17) is 11.6 Å². The van der Waals surface area contributed by atoms with Gasteiger partial charge in [0, 0.05) is 33.9 Å². The minimum absolute atomic E-state index is 0.718. The third-order valence-corrected chi connectivity index (χ3v) is 4.06. The maximum Gasteiger partial charge on any atom is 0.203 e. The van der Waals surface area contributed by atoms with E-state index in [0.717, 1.165) is 32.7 Å². The number of thiazole rings is 1. The smallest absolute Gasteiger partial charge is 0.203 e. The zero-order valence-corrected chi connectivity index (χ0v) is 13.4. The highest BCUT2D eigenvalue weighted by Gasteiger charge is 2.04. The molecule has 6 heteroatoms. The Hall–Kier alpha value is -2.24. The van der Waals surface area contributed by atoms with E-state index in [1.54, 1.807) is 12.4 Å². The Kier molecular flexibility index (Phi) is 4.46. The van der Waals surface area contributed by atoms with Gasteiger partial charge in [0.2, 0.25) is 5.13 Å². The molecule has 1 aromatic carbocycles. The van der Waals surface area contributed by atoms with E-state index >= 15 is 0 Å². The lowest BCUT2D eigenvalue weighted by molar-refractivity contribution is 1.26. The van der Waals surface area contributed by atoms with Crippen LogP contribution in [0.2, 0.25) is 5.02 Å². The van der Waals surface area contributed by atoms with Crippen molar-refractivity contribution in [2.75, 3.05) is 5.43 Å². The van der Waals surface area contributed by atoms with Crippen molar-refractivity contribution in [3.8, 4) is 11.3 Å². The Morgan fingerprint density at radius 2 is 1.86 bits per heavy atom. The number of hydrogen-bond donors (Lipinski definition) is 1. The fourth-order valence-electron chi connectivity index (χ4n) is 1.87. The molecule has 2 aromatic heterocycles. The average Bonchev–Trinajstić information content (AvgIpc) is 3.03. The van der Waals surface area contributed by atoms with Gasteiger partial charge in [0.15, 0.2) is 0 Å². The van der Waals surface area contributed by atoms with E-state index < -0.39 is 0 Å². The van der Waals surface area contributed by atoms with Gasteiger partial charge in [-0.15, -0.1) is 11.3 Å². The second-order valence-corrected chi connectivity index (χ2v) is 5.88. The van der Waals surface area contributed by atoms with Crippen LogP contribution in [0.3, 0.4) is 0 Å². The molecule has 0 saturated heterocycles. The van der Waals surface area contributed by atoms with Crippen molar-refractivity contribution >= 4 is 33.8 Å². The normalized spacial score (nSPS) is 11.5. The highest BCUT2D eigenvalue weighted by atomic mass is 35.5.